The number of rotatable bonds is 1. The first kappa shape index (κ1) is 8.82. The molecule has 0 fully saturated rings. The van der Waals surface area contributed by atoms with Crippen molar-refractivity contribution in [2.45, 2.75) is 13.3 Å². The molecule has 0 atom stereocenters. The number of aromatic nitrogens is 2. The Morgan fingerprint density at radius 2 is 1.90 bits per heavy atom. The first-order valence-corrected chi connectivity index (χ1v) is 3.22. The molecule has 0 amide bonds. The van der Waals surface area contributed by atoms with Gasteiger partial charge < -0.3 is 0 Å². The highest BCUT2D eigenvalue weighted by molar-refractivity contribution is 4.74. The number of hydrogen-bond acceptors (Lipinski definition) is 2. The van der Waals surface area contributed by atoms with E-state index in [0.717, 1.165) is 6.42 Å². The maximum absolute atomic E-state index is 3.67. The Hall–Kier alpha value is -1.18. The van der Waals surface area contributed by atoms with Crippen LogP contribution in [0.1, 0.15) is 13.3 Å². The summed E-state index contributed by atoms with van der Waals surface area (Å²) in [5.41, 5.74) is 0. The Labute approximate surface area is 61.6 Å². The molecule has 10 heavy (non-hydrogen) atoms. The van der Waals surface area contributed by atoms with Crippen LogP contribution < -0.4 is 0 Å². The van der Waals surface area contributed by atoms with Gasteiger partial charge in [-0.15, -0.1) is 6.58 Å². The van der Waals surface area contributed by atoms with Crippen molar-refractivity contribution in [1.29, 1.82) is 0 Å². The molecule has 1 rings (SSSR count). The highest BCUT2D eigenvalue weighted by Gasteiger charge is 1.59. The van der Waals surface area contributed by atoms with Crippen LogP contribution in [0.3, 0.4) is 0 Å². The predicted octanol–water partition coefficient (Wildman–Crippen LogP) is 2.06. The number of nitrogens with zero attached hydrogens (tertiary/aromatic N) is 2. The molecule has 1 heterocycles. The SMILES string of the molecule is C=CCC.c1cncnc1. The van der Waals surface area contributed by atoms with E-state index in [1.54, 1.807) is 18.5 Å². The molecule has 0 aliphatic rings. The van der Waals surface area contributed by atoms with E-state index >= 15 is 0 Å². The molecule has 0 aromatic carbocycles. The molecule has 2 heteroatoms. The zero-order chi connectivity index (χ0) is 7.66. The Bertz CT molecular complexity index is 122. The van der Waals surface area contributed by atoms with E-state index in [-0.39, 0.29) is 0 Å². The van der Waals surface area contributed by atoms with Crippen LogP contribution in [0.4, 0.5) is 0 Å². The number of allylic oxidation sites excluding steroid dienone is 1. The molecule has 0 bridgehead atoms. The van der Waals surface area contributed by atoms with E-state index in [0.29, 0.717) is 0 Å². The number of hydrogen-bond donors (Lipinski definition) is 0. The van der Waals surface area contributed by atoms with E-state index < -0.39 is 0 Å². The third-order valence-corrected chi connectivity index (χ3v) is 0.766. The van der Waals surface area contributed by atoms with Crippen molar-refractivity contribution in [3.63, 3.8) is 0 Å². The zero-order valence-corrected chi connectivity index (χ0v) is 6.20. The third-order valence-electron chi connectivity index (χ3n) is 0.766. The summed E-state index contributed by atoms with van der Waals surface area (Å²) >= 11 is 0. The van der Waals surface area contributed by atoms with Gasteiger partial charge in [0.1, 0.15) is 6.33 Å². The van der Waals surface area contributed by atoms with Gasteiger partial charge in [0, 0.05) is 12.4 Å². The fourth-order valence-corrected chi connectivity index (χ4v) is 0.253. The molecular formula is C8H12N2. The molecule has 0 saturated carbocycles. The molecular weight excluding hydrogens is 124 g/mol. The minimum absolute atomic E-state index is 1.08. The maximum Gasteiger partial charge on any atom is 0.115 e. The summed E-state index contributed by atoms with van der Waals surface area (Å²) in [7, 11) is 0. The van der Waals surface area contributed by atoms with Crippen LogP contribution in [0.15, 0.2) is 37.4 Å². The fraction of sp³-hybridized carbons (Fsp3) is 0.250. The van der Waals surface area contributed by atoms with E-state index in [4.69, 9.17) is 0 Å². The van der Waals surface area contributed by atoms with Gasteiger partial charge in [-0.2, -0.15) is 0 Å². The maximum atomic E-state index is 3.67. The van der Waals surface area contributed by atoms with Crippen LogP contribution in [-0.2, 0) is 0 Å². The fourth-order valence-electron chi connectivity index (χ4n) is 0.253. The van der Waals surface area contributed by atoms with Crippen molar-refractivity contribution >= 4 is 0 Å². The Kier molecular flexibility index (Phi) is 6.90. The van der Waals surface area contributed by atoms with E-state index in [2.05, 4.69) is 23.5 Å². The lowest BCUT2D eigenvalue weighted by molar-refractivity contribution is 1.17. The van der Waals surface area contributed by atoms with Crippen LogP contribution in [-0.4, -0.2) is 9.97 Å². The second-order valence-electron chi connectivity index (χ2n) is 1.60. The van der Waals surface area contributed by atoms with Crippen LogP contribution in [0, 0.1) is 0 Å². The van der Waals surface area contributed by atoms with Crippen molar-refractivity contribution in [2.75, 3.05) is 0 Å². The van der Waals surface area contributed by atoms with Crippen molar-refractivity contribution < 1.29 is 0 Å². The summed E-state index contributed by atoms with van der Waals surface area (Å²) in [6.45, 7) is 5.54. The molecule has 0 aliphatic carbocycles. The second-order valence-corrected chi connectivity index (χ2v) is 1.60. The van der Waals surface area contributed by atoms with Gasteiger partial charge in [-0.05, 0) is 12.5 Å². The molecule has 0 N–H and O–H groups in total. The molecule has 2 nitrogen and oxygen atoms in total. The van der Waals surface area contributed by atoms with Gasteiger partial charge in [-0.25, -0.2) is 9.97 Å². The van der Waals surface area contributed by atoms with Gasteiger partial charge in [0.2, 0.25) is 0 Å². The Morgan fingerprint density at radius 3 is 2.00 bits per heavy atom. The average Bonchev–Trinajstić information content (AvgIpc) is 2.08. The van der Waals surface area contributed by atoms with Gasteiger partial charge >= 0.3 is 0 Å². The summed E-state index contributed by atoms with van der Waals surface area (Å²) in [4.78, 5) is 7.35. The van der Waals surface area contributed by atoms with Gasteiger partial charge in [0.25, 0.3) is 0 Å². The minimum Gasteiger partial charge on any atom is -0.245 e. The van der Waals surface area contributed by atoms with Gasteiger partial charge in [0.15, 0.2) is 0 Å². The lowest BCUT2D eigenvalue weighted by Gasteiger charge is -1.70. The highest BCUT2D eigenvalue weighted by Crippen LogP contribution is 1.66. The normalized spacial score (nSPS) is 7.30. The molecule has 0 saturated heterocycles. The minimum atomic E-state index is 1.08. The molecule has 0 aliphatic heterocycles. The quantitative estimate of drug-likeness (QED) is 0.552. The molecule has 0 unspecified atom stereocenters. The monoisotopic (exact) mass is 136 g/mol. The topological polar surface area (TPSA) is 25.8 Å². The van der Waals surface area contributed by atoms with Crippen molar-refractivity contribution in [3.05, 3.63) is 37.4 Å². The largest absolute Gasteiger partial charge is 0.245 e. The van der Waals surface area contributed by atoms with Crippen molar-refractivity contribution in [1.82, 2.24) is 9.97 Å². The van der Waals surface area contributed by atoms with Crippen molar-refractivity contribution in [3.8, 4) is 0 Å². The van der Waals surface area contributed by atoms with Gasteiger partial charge in [0.05, 0.1) is 0 Å². The summed E-state index contributed by atoms with van der Waals surface area (Å²) in [5.74, 6) is 0. The molecule has 0 spiro atoms. The molecule has 1 aromatic heterocycles. The second kappa shape index (κ2) is 7.82. The van der Waals surface area contributed by atoms with Crippen LogP contribution >= 0.6 is 0 Å². The van der Waals surface area contributed by atoms with Gasteiger partial charge in [-0.1, -0.05) is 13.0 Å². The predicted molar refractivity (Wildman–Crippen MR) is 42.5 cm³/mol. The van der Waals surface area contributed by atoms with E-state index in [1.165, 1.54) is 6.33 Å². The summed E-state index contributed by atoms with van der Waals surface area (Å²) in [5, 5.41) is 0. The Balaban J connectivity index is 0.000000180. The molecule has 1 aromatic rings. The van der Waals surface area contributed by atoms with Crippen LogP contribution in [0.25, 0.3) is 0 Å². The first-order chi connectivity index (χ1) is 4.91. The molecule has 0 radical (unpaired) electrons. The van der Waals surface area contributed by atoms with E-state index in [1.807, 2.05) is 6.08 Å². The smallest absolute Gasteiger partial charge is 0.115 e. The summed E-state index contributed by atoms with van der Waals surface area (Å²) in [6, 6.07) is 1.78. The van der Waals surface area contributed by atoms with Gasteiger partial charge in [-0.3, -0.25) is 0 Å². The Morgan fingerprint density at radius 1 is 1.40 bits per heavy atom. The van der Waals surface area contributed by atoms with Crippen molar-refractivity contribution in [2.24, 2.45) is 0 Å². The lowest BCUT2D eigenvalue weighted by atomic mass is 10.5. The van der Waals surface area contributed by atoms with Crippen LogP contribution in [0.5, 0.6) is 0 Å². The third kappa shape index (κ3) is 6.82. The summed E-state index contributed by atoms with van der Waals surface area (Å²) in [6.07, 6.45) is 7.83. The zero-order valence-electron chi connectivity index (χ0n) is 6.20. The lowest BCUT2D eigenvalue weighted by Crippen LogP contribution is -1.66. The first-order valence-electron chi connectivity index (χ1n) is 3.22. The average molecular weight is 136 g/mol. The highest BCUT2D eigenvalue weighted by atomic mass is 14.8. The molecule has 54 valence electrons. The van der Waals surface area contributed by atoms with E-state index in [9.17, 15) is 0 Å². The standard InChI is InChI=1S/C4H4N2.C4H8/c1-2-5-4-6-3-1;1-3-4-2/h1-4H;3H,1,4H2,2H3. The van der Waals surface area contributed by atoms with Crippen LogP contribution in [0.2, 0.25) is 0 Å². The summed E-state index contributed by atoms with van der Waals surface area (Å²) < 4.78 is 0.